The molecule has 18 heavy (non-hydrogen) atoms. The van der Waals surface area contributed by atoms with Gasteiger partial charge < -0.3 is 5.73 Å². The lowest BCUT2D eigenvalue weighted by molar-refractivity contribution is 0.623. The van der Waals surface area contributed by atoms with Crippen molar-refractivity contribution in [1.29, 1.82) is 0 Å². The van der Waals surface area contributed by atoms with Crippen LogP contribution in [-0.2, 0) is 6.42 Å². The zero-order valence-corrected chi connectivity index (χ0v) is 10.7. The van der Waals surface area contributed by atoms with Crippen molar-refractivity contribution in [1.82, 2.24) is 9.78 Å². The van der Waals surface area contributed by atoms with Gasteiger partial charge in [-0.25, -0.2) is 9.07 Å². The lowest BCUT2D eigenvalue weighted by Crippen LogP contribution is -2.08. The van der Waals surface area contributed by atoms with Crippen molar-refractivity contribution < 1.29 is 4.39 Å². The molecule has 4 heteroatoms. The molecule has 0 radical (unpaired) electrons. The van der Waals surface area contributed by atoms with Gasteiger partial charge in [0.15, 0.2) is 0 Å². The Bertz CT molecular complexity index is 532. The number of hydrogen-bond acceptors (Lipinski definition) is 2. The summed E-state index contributed by atoms with van der Waals surface area (Å²) in [4.78, 5) is 0. The van der Waals surface area contributed by atoms with E-state index in [1.54, 1.807) is 10.7 Å². The molecule has 2 N–H and O–H groups in total. The van der Waals surface area contributed by atoms with E-state index in [0.717, 1.165) is 16.9 Å². The van der Waals surface area contributed by atoms with Crippen molar-refractivity contribution in [2.75, 3.05) is 6.54 Å². The number of hydrogen-bond donors (Lipinski definition) is 1. The number of aromatic nitrogens is 2. The van der Waals surface area contributed by atoms with Gasteiger partial charge in [0, 0.05) is 6.20 Å². The third kappa shape index (κ3) is 2.59. The summed E-state index contributed by atoms with van der Waals surface area (Å²) in [6, 6.07) is 6.71. The van der Waals surface area contributed by atoms with Gasteiger partial charge in [-0.3, -0.25) is 0 Å². The van der Waals surface area contributed by atoms with Crippen molar-refractivity contribution in [3.8, 4) is 5.69 Å². The molecule has 0 amide bonds. The van der Waals surface area contributed by atoms with Crippen LogP contribution in [0.3, 0.4) is 0 Å². The molecule has 2 aromatic rings. The number of benzene rings is 1. The van der Waals surface area contributed by atoms with E-state index in [0.29, 0.717) is 18.9 Å². The summed E-state index contributed by atoms with van der Waals surface area (Å²) in [7, 11) is 0. The standard InChI is InChI=1S/C14H18FN3/c1-10(2)13-6-8-18(17-13)14-4-3-12(15)9-11(14)5-7-16/h3-4,6,8-10H,5,7,16H2,1-2H3. The van der Waals surface area contributed by atoms with E-state index in [9.17, 15) is 4.39 Å². The van der Waals surface area contributed by atoms with E-state index in [2.05, 4.69) is 18.9 Å². The maximum Gasteiger partial charge on any atom is 0.123 e. The summed E-state index contributed by atoms with van der Waals surface area (Å²) in [5.41, 5.74) is 8.37. The third-order valence-corrected chi connectivity index (χ3v) is 2.90. The number of nitrogens with zero attached hydrogens (tertiary/aromatic N) is 2. The molecule has 0 spiro atoms. The van der Waals surface area contributed by atoms with E-state index in [1.165, 1.54) is 12.1 Å². The van der Waals surface area contributed by atoms with E-state index >= 15 is 0 Å². The molecular weight excluding hydrogens is 229 g/mol. The van der Waals surface area contributed by atoms with Crippen LogP contribution in [0.1, 0.15) is 31.0 Å². The Balaban J connectivity index is 2.42. The zero-order valence-electron chi connectivity index (χ0n) is 10.7. The van der Waals surface area contributed by atoms with Crippen LogP contribution in [0.25, 0.3) is 5.69 Å². The highest BCUT2D eigenvalue weighted by molar-refractivity contribution is 5.41. The van der Waals surface area contributed by atoms with Gasteiger partial charge in [-0.1, -0.05) is 13.8 Å². The highest BCUT2D eigenvalue weighted by Crippen LogP contribution is 2.18. The molecule has 0 unspecified atom stereocenters. The first-order chi connectivity index (χ1) is 8.61. The molecule has 0 aliphatic carbocycles. The lowest BCUT2D eigenvalue weighted by atomic mass is 10.1. The maximum absolute atomic E-state index is 13.2. The molecule has 1 aromatic heterocycles. The van der Waals surface area contributed by atoms with Gasteiger partial charge in [0.1, 0.15) is 5.82 Å². The summed E-state index contributed by atoms with van der Waals surface area (Å²) in [5.74, 6) is 0.142. The van der Waals surface area contributed by atoms with E-state index in [-0.39, 0.29) is 5.82 Å². The van der Waals surface area contributed by atoms with Crippen molar-refractivity contribution in [3.05, 3.63) is 47.5 Å². The minimum atomic E-state index is -0.238. The van der Waals surface area contributed by atoms with Crippen LogP contribution >= 0.6 is 0 Å². The number of halogens is 1. The molecule has 3 nitrogen and oxygen atoms in total. The predicted molar refractivity (Wildman–Crippen MR) is 70.4 cm³/mol. The monoisotopic (exact) mass is 247 g/mol. The minimum Gasteiger partial charge on any atom is -0.330 e. The van der Waals surface area contributed by atoms with Crippen LogP contribution in [0.4, 0.5) is 4.39 Å². The zero-order chi connectivity index (χ0) is 13.1. The second-order valence-electron chi connectivity index (χ2n) is 4.65. The number of nitrogens with two attached hydrogens (primary N) is 1. The predicted octanol–water partition coefficient (Wildman–Crippen LogP) is 2.64. The highest BCUT2D eigenvalue weighted by Gasteiger charge is 2.09. The SMILES string of the molecule is CC(C)c1ccn(-c2ccc(F)cc2CCN)n1. The van der Waals surface area contributed by atoms with Crippen LogP contribution in [-0.4, -0.2) is 16.3 Å². The first-order valence-corrected chi connectivity index (χ1v) is 6.16. The molecule has 0 fully saturated rings. The molecule has 0 aliphatic heterocycles. The van der Waals surface area contributed by atoms with Crippen molar-refractivity contribution in [2.24, 2.45) is 5.73 Å². The maximum atomic E-state index is 13.2. The molecule has 0 saturated carbocycles. The smallest absolute Gasteiger partial charge is 0.123 e. The van der Waals surface area contributed by atoms with E-state index < -0.39 is 0 Å². The fraction of sp³-hybridized carbons (Fsp3) is 0.357. The summed E-state index contributed by atoms with van der Waals surface area (Å²) in [6.07, 6.45) is 2.55. The van der Waals surface area contributed by atoms with Crippen LogP contribution < -0.4 is 5.73 Å². The van der Waals surface area contributed by atoms with Crippen molar-refractivity contribution in [3.63, 3.8) is 0 Å². The summed E-state index contributed by atoms with van der Waals surface area (Å²) < 4.78 is 15.0. The van der Waals surface area contributed by atoms with Gasteiger partial charge in [0.25, 0.3) is 0 Å². The van der Waals surface area contributed by atoms with Gasteiger partial charge in [-0.05, 0) is 48.7 Å². The molecule has 0 saturated heterocycles. The van der Waals surface area contributed by atoms with E-state index in [4.69, 9.17) is 5.73 Å². The van der Waals surface area contributed by atoms with Gasteiger partial charge in [-0.2, -0.15) is 5.10 Å². The second-order valence-corrected chi connectivity index (χ2v) is 4.65. The summed E-state index contributed by atoms with van der Waals surface area (Å²) in [5, 5.41) is 4.51. The lowest BCUT2D eigenvalue weighted by Gasteiger charge is -2.09. The number of rotatable bonds is 4. The Labute approximate surface area is 106 Å². The Morgan fingerprint density at radius 2 is 2.11 bits per heavy atom. The average molecular weight is 247 g/mol. The van der Waals surface area contributed by atoms with Crippen LogP contribution in [0, 0.1) is 5.82 Å². The average Bonchev–Trinajstić information content (AvgIpc) is 2.79. The molecule has 0 bridgehead atoms. The Kier molecular flexibility index (Phi) is 3.77. The fourth-order valence-electron chi connectivity index (χ4n) is 1.91. The molecule has 2 rings (SSSR count). The van der Waals surface area contributed by atoms with Gasteiger partial charge in [0.2, 0.25) is 0 Å². The Hall–Kier alpha value is -1.68. The topological polar surface area (TPSA) is 43.8 Å². The largest absolute Gasteiger partial charge is 0.330 e. The minimum absolute atomic E-state index is 0.238. The van der Waals surface area contributed by atoms with Crippen molar-refractivity contribution >= 4 is 0 Å². The summed E-state index contributed by atoms with van der Waals surface area (Å²) in [6.45, 7) is 4.69. The first-order valence-electron chi connectivity index (χ1n) is 6.16. The van der Waals surface area contributed by atoms with Crippen molar-refractivity contribution in [2.45, 2.75) is 26.2 Å². The highest BCUT2D eigenvalue weighted by atomic mass is 19.1. The molecule has 1 aromatic carbocycles. The molecule has 0 atom stereocenters. The first kappa shape index (κ1) is 12.8. The normalized spacial score (nSPS) is 11.2. The molecular formula is C14H18FN3. The van der Waals surface area contributed by atoms with Crippen LogP contribution in [0.5, 0.6) is 0 Å². The molecule has 96 valence electrons. The Morgan fingerprint density at radius 3 is 2.72 bits per heavy atom. The Morgan fingerprint density at radius 1 is 1.33 bits per heavy atom. The molecule has 0 aliphatic rings. The second kappa shape index (κ2) is 5.31. The van der Waals surface area contributed by atoms with Crippen LogP contribution in [0.15, 0.2) is 30.5 Å². The van der Waals surface area contributed by atoms with Gasteiger partial charge >= 0.3 is 0 Å². The van der Waals surface area contributed by atoms with E-state index in [1.807, 2.05) is 12.3 Å². The fourth-order valence-corrected chi connectivity index (χ4v) is 1.91. The third-order valence-electron chi connectivity index (χ3n) is 2.90. The quantitative estimate of drug-likeness (QED) is 0.902. The molecule has 1 heterocycles. The summed E-state index contributed by atoms with van der Waals surface area (Å²) >= 11 is 0. The van der Waals surface area contributed by atoms with Gasteiger partial charge in [0.05, 0.1) is 11.4 Å². The van der Waals surface area contributed by atoms with Gasteiger partial charge in [-0.15, -0.1) is 0 Å². The van der Waals surface area contributed by atoms with Crippen LogP contribution in [0.2, 0.25) is 0 Å².